The molecule has 10 aromatic carbocycles. The topological polar surface area (TPSA) is 330 Å². The van der Waals surface area contributed by atoms with Crippen molar-refractivity contribution in [1.82, 2.24) is 84.5 Å². The summed E-state index contributed by atoms with van der Waals surface area (Å²) in [7, 11) is 5.18. The molecule has 14 heterocycles. The zero-order valence-electron chi connectivity index (χ0n) is 81.3. The quantitative estimate of drug-likeness (QED) is 0.0275. The number of benzene rings is 10. The van der Waals surface area contributed by atoms with E-state index in [9.17, 15) is 9.50 Å². The molecule has 5 aliphatic heterocycles. The van der Waals surface area contributed by atoms with Gasteiger partial charge in [0.25, 0.3) is 0 Å². The summed E-state index contributed by atoms with van der Waals surface area (Å²) in [5, 5.41) is 56.0. The Bertz CT molecular complexity index is 8110. The van der Waals surface area contributed by atoms with Gasteiger partial charge in [-0.3, -0.25) is 4.68 Å². The van der Waals surface area contributed by atoms with E-state index in [1.165, 1.54) is 52.8 Å². The van der Waals surface area contributed by atoms with Crippen molar-refractivity contribution in [2.45, 2.75) is 26.7 Å². The molecule has 0 spiro atoms. The molecule has 24 rings (SSSR count). The minimum absolute atomic E-state index is 0.00586. The molecule has 148 heavy (non-hydrogen) atoms. The van der Waals surface area contributed by atoms with Gasteiger partial charge < -0.3 is 83.4 Å². The third-order valence-electron chi connectivity index (χ3n) is 27.0. The van der Waals surface area contributed by atoms with Crippen LogP contribution in [0.15, 0.2) is 182 Å². The summed E-state index contributed by atoms with van der Waals surface area (Å²) >= 11 is 36.0. The Balaban J connectivity index is 0.000000112. The van der Waals surface area contributed by atoms with Gasteiger partial charge in [-0.05, 0) is 148 Å². The number of aromatic nitrogens is 11. The number of phenols is 1. The van der Waals surface area contributed by atoms with Gasteiger partial charge in [-0.2, -0.15) is 18.2 Å². The number of nitrogen functional groups attached to an aromatic ring is 3. The van der Waals surface area contributed by atoms with Crippen molar-refractivity contribution < 1.29 is 31.8 Å². The number of hydrogen-bond acceptors (Lipinski definition) is 29. The highest BCUT2D eigenvalue weighted by molar-refractivity contribution is 7.80. The molecule has 40 heteroatoms. The lowest BCUT2D eigenvalue weighted by Gasteiger charge is -2.30. The number of nitrogens with zero attached hydrogens (tertiary/aromatic N) is 16. The Morgan fingerprint density at radius 1 is 0.453 bits per heavy atom. The molecule has 0 amide bonds. The Morgan fingerprint density at radius 2 is 0.939 bits per heavy atom. The fourth-order valence-electron chi connectivity index (χ4n) is 19.7. The van der Waals surface area contributed by atoms with Gasteiger partial charge in [-0.1, -0.05) is 170 Å². The molecule has 9 aromatic heterocycles. The Morgan fingerprint density at radius 3 is 1.50 bits per heavy atom. The molecule has 5 fully saturated rings. The molecule has 0 bridgehead atoms. The number of para-hydroxylation sites is 1. The van der Waals surface area contributed by atoms with E-state index in [0.717, 1.165) is 228 Å². The molecule has 0 saturated carbocycles. The maximum absolute atomic E-state index is 15.8. The van der Waals surface area contributed by atoms with Gasteiger partial charge in [0.05, 0.1) is 78.2 Å². The highest BCUT2D eigenvalue weighted by Crippen LogP contribution is 2.50. The minimum Gasteiger partial charge on any atom is -0.507 e. The van der Waals surface area contributed by atoms with Crippen LogP contribution in [0.3, 0.4) is 0 Å². The molecule has 0 atom stereocenters. The normalized spacial score (nSPS) is 14.6. The minimum atomic E-state index is -0.601. The summed E-state index contributed by atoms with van der Waals surface area (Å²) in [5.74, 6) is 0.410. The number of piperazine rings is 5. The van der Waals surface area contributed by atoms with E-state index < -0.39 is 29.1 Å². The lowest BCUT2D eigenvalue weighted by Crippen LogP contribution is -2.46. The first-order valence-corrected chi connectivity index (χ1v) is 52.6. The molecule has 5 saturated heterocycles. The Hall–Kier alpha value is -13.4. The summed E-state index contributed by atoms with van der Waals surface area (Å²) in [5.41, 5.74) is 29.2. The van der Waals surface area contributed by atoms with Crippen LogP contribution in [0.1, 0.15) is 36.6 Å². The first-order chi connectivity index (χ1) is 71.8. The molecular formula is C108H102Cl4F5N25O2S4. The standard InChI is InChI=1S/C27H28FN5O.C21H21ClFN5S.C20H19ClFN5OS.2C20H17ClFN5S/c1-16(2)18-7-4-5-8-19(18)25-21-15-20(24-22(28)9-6-10-23(24)34)17(3)30-26(21)27(32-31-25)33-13-11-29-12-14-33;1-25-16-10-12-4-2-3-5-13(12)20(27-16)17-15(22)11-14(19(24)18(17)23)21(29)28-8-6-26-7-9-28;1-26-19-11(10-24-26)7-12(28-2)8-13(19)16-15(21)9-14-18(17(16)22)25-29-20(14)27-5-3-23-4-6-27;21-14-9-13-19(26-28-20(13)27-7-5-24-6-8-27)18(22)17(14)12-10-16(23)25-15-4-2-1-3-11(12)15;21-14-10-13-19(26-28-20(13)27-7-5-24-6-8-27)17(22)16(14)18-12-4-2-1-3-11(12)9-15(23)25-18/h4-10,15-16,29,34H,11-14H2,1-3H3;2-5,10-11,26H,6-9,24H2,1H3,(H,25,27);7-10,23H,3-6H2,1-2H3;2*1-4,9-10,24H,5-8H2,(H2,23,25). The maximum Gasteiger partial charge on any atom is 0.177 e. The van der Waals surface area contributed by atoms with Crippen LogP contribution in [0.25, 0.3) is 154 Å². The first-order valence-electron chi connectivity index (χ1n) is 48.4. The fourth-order valence-corrected chi connectivity index (χ4v) is 23.9. The number of aryl methyl sites for hydroxylation is 2. The second-order valence-electron chi connectivity index (χ2n) is 36.5. The summed E-state index contributed by atoms with van der Waals surface area (Å²) in [6, 6.07) is 53.3. The van der Waals surface area contributed by atoms with Crippen LogP contribution in [-0.2, 0) is 7.05 Å². The highest BCUT2D eigenvalue weighted by atomic mass is 35.5. The third kappa shape index (κ3) is 20.1. The molecule has 0 radical (unpaired) electrons. The summed E-state index contributed by atoms with van der Waals surface area (Å²) in [6.45, 7) is 23.2. The van der Waals surface area contributed by atoms with Gasteiger partial charge >= 0.3 is 0 Å². The van der Waals surface area contributed by atoms with Crippen LogP contribution in [0.4, 0.5) is 65.9 Å². The number of hydrogen-bond donors (Lipinski definition) is 10. The molecule has 27 nitrogen and oxygen atoms in total. The number of halogens is 9. The van der Waals surface area contributed by atoms with Crippen molar-refractivity contribution in [3.05, 3.63) is 248 Å². The number of anilines is 8. The average Bonchev–Trinajstić information content (AvgIpc) is 1.70. The van der Waals surface area contributed by atoms with Gasteiger partial charge in [0.15, 0.2) is 29.1 Å². The van der Waals surface area contributed by atoms with Crippen molar-refractivity contribution in [3.8, 4) is 78.7 Å². The van der Waals surface area contributed by atoms with Crippen LogP contribution in [0.5, 0.6) is 11.5 Å². The monoisotopic (exact) mass is 2140 g/mol. The highest BCUT2D eigenvalue weighted by Gasteiger charge is 2.33. The van der Waals surface area contributed by atoms with Gasteiger partial charge in [0, 0.05) is 227 Å². The third-order valence-corrected chi connectivity index (χ3v) is 31.5. The molecule has 19 aromatic rings. The number of methoxy groups -OCH3 is 1. The number of nitrogens with one attached hydrogen (secondary N) is 6. The van der Waals surface area contributed by atoms with E-state index >= 15 is 17.6 Å². The lowest BCUT2D eigenvalue weighted by molar-refractivity contribution is 0.363. The van der Waals surface area contributed by atoms with Crippen molar-refractivity contribution in [3.63, 3.8) is 0 Å². The zero-order chi connectivity index (χ0) is 103. The molecule has 0 unspecified atom stereocenters. The number of rotatable bonds is 14. The van der Waals surface area contributed by atoms with Gasteiger partial charge in [0.1, 0.15) is 82.5 Å². The largest absolute Gasteiger partial charge is 0.507 e. The van der Waals surface area contributed by atoms with Crippen LogP contribution >= 0.6 is 93.2 Å². The first kappa shape index (κ1) is 102. The number of nitrogens with two attached hydrogens (primary N) is 3. The van der Waals surface area contributed by atoms with Crippen molar-refractivity contribution in [2.24, 2.45) is 7.05 Å². The number of pyridine rings is 4. The summed E-state index contributed by atoms with van der Waals surface area (Å²) in [4.78, 5) is 29.6. The van der Waals surface area contributed by atoms with Crippen LogP contribution in [0.2, 0.25) is 20.1 Å². The Labute approximate surface area is 886 Å². The molecule has 0 aliphatic carbocycles. The number of ether oxygens (including phenoxy) is 1. The lowest BCUT2D eigenvalue weighted by atomic mass is 9.92. The van der Waals surface area contributed by atoms with Crippen LogP contribution in [0, 0.1) is 36.0 Å². The number of phenolic OH excluding ortho intramolecular Hbond substituents is 1. The van der Waals surface area contributed by atoms with E-state index in [2.05, 4.69) is 110 Å². The Kier molecular flexibility index (Phi) is 30.4. The average molecular weight is 2150 g/mol. The molecule has 13 N–H and O–H groups in total. The van der Waals surface area contributed by atoms with Crippen LogP contribution in [-0.4, -0.2) is 213 Å². The fraction of sp³-hybridized carbons (Fsp3) is 0.250. The molecule has 758 valence electrons. The predicted octanol–water partition coefficient (Wildman–Crippen LogP) is 21.6. The van der Waals surface area contributed by atoms with E-state index in [0.29, 0.717) is 121 Å². The van der Waals surface area contributed by atoms with Crippen molar-refractivity contribution >= 4 is 229 Å². The van der Waals surface area contributed by atoms with Crippen molar-refractivity contribution in [1.29, 1.82) is 0 Å². The van der Waals surface area contributed by atoms with E-state index in [-0.39, 0.29) is 39.1 Å². The van der Waals surface area contributed by atoms with E-state index in [1.807, 2.05) is 140 Å². The van der Waals surface area contributed by atoms with E-state index in [4.69, 9.17) is 90.6 Å². The van der Waals surface area contributed by atoms with Gasteiger partial charge in [-0.15, -0.1) is 10.2 Å². The maximum atomic E-state index is 15.8. The second kappa shape index (κ2) is 44.2. The second-order valence-corrected chi connectivity index (χ2v) is 40.8. The zero-order valence-corrected chi connectivity index (χ0v) is 87.6. The molecular weight excluding hydrogens is 2040 g/mol. The smallest absolute Gasteiger partial charge is 0.177 e. The summed E-state index contributed by atoms with van der Waals surface area (Å²) < 4.78 is 97.8. The number of thiocarbonyl (C=S) groups is 1. The van der Waals surface area contributed by atoms with Crippen molar-refractivity contribution in [2.75, 3.05) is 187 Å². The molecule has 5 aliphatic rings. The predicted molar refractivity (Wildman–Crippen MR) is 602 cm³/mol. The summed E-state index contributed by atoms with van der Waals surface area (Å²) in [6.07, 6.45) is 1.73. The van der Waals surface area contributed by atoms with Gasteiger partial charge in [0.2, 0.25) is 0 Å². The van der Waals surface area contributed by atoms with Crippen LogP contribution < -0.4 is 73.4 Å². The number of aromatic hydroxyl groups is 1. The number of fused-ring (bicyclic) bond motifs is 8. The SMILES string of the molecule is CNc1cc2ccccc2c(-c2c(Cl)cc(C(=S)N3CCNCC3)c(N)c2F)n1.COc1cc(-c2c(Cl)cc3c(N4CCNCC4)snc3c2F)c2c(cnn2C)c1.Cc1nc2c(N3CCNCC3)nnc(-c3ccccc3C(C)C)c2cc1-c1c(O)cccc1F.Nc1cc(-c2c(Cl)cc3c(N4CCNCC4)snc3c2F)c2ccccc2n1.Nc1cc2ccccc2c(-c2c(Cl)cc3c(N4CCNCC4)snc3c2F)n1. The van der Waals surface area contributed by atoms with Gasteiger partial charge in [-0.25, -0.2) is 41.9 Å². The van der Waals surface area contributed by atoms with E-state index in [1.54, 1.807) is 55.4 Å².